The fourth-order valence-electron chi connectivity index (χ4n) is 3.61. The summed E-state index contributed by atoms with van der Waals surface area (Å²) >= 11 is 0. The minimum absolute atomic E-state index is 0.278. The molecule has 1 saturated heterocycles. The van der Waals surface area contributed by atoms with Gasteiger partial charge in [0, 0.05) is 48.9 Å². The maximum Gasteiger partial charge on any atom is 0.222 e. The maximum absolute atomic E-state index is 11.7. The molecule has 3 aromatic rings. The van der Waals surface area contributed by atoms with Gasteiger partial charge in [-0.2, -0.15) is 9.61 Å². The van der Waals surface area contributed by atoms with Gasteiger partial charge in [0.2, 0.25) is 5.91 Å². The lowest BCUT2D eigenvalue weighted by Crippen LogP contribution is -2.27. The van der Waals surface area contributed by atoms with E-state index in [1.54, 1.807) is 6.26 Å². The lowest BCUT2D eigenvalue weighted by Gasteiger charge is -2.17. The summed E-state index contributed by atoms with van der Waals surface area (Å²) in [4.78, 5) is 18.4. The summed E-state index contributed by atoms with van der Waals surface area (Å²) in [6.07, 6.45) is 4.26. The topological polar surface area (TPSA) is 75.7 Å². The largest absolute Gasteiger partial charge is 0.469 e. The molecule has 0 aliphatic carbocycles. The highest BCUT2D eigenvalue weighted by atomic mass is 16.3. The van der Waals surface area contributed by atoms with Crippen LogP contribution < -0.4 is 5.32 Å². The smallest absolute Gasteiger partial charge is 0.222 e. The number of amides is 1. The molecule has 7 nitrogen and oxygen atoms in total. The fourth-order valence-corrected chi connectivity index (χ4v) is 3.61. The van der Waals surface area contributed by atoms with Crippen LogP contribution in [0.3, 0.4) is 0 Å². The number of carbonyl (C=O) groups excluding carboxylic acids is 1. The Morgan fingerprint density at radius 1 is 1.30 bits per heavy atom. The molecule has 4 rings (SSSR count). The molecule has 1 aliphatic rings. The van der Waals surface area contributed by atoms with Crippen molar-refractivity contribution in [3.8, 4) is 11.3 Å². The Balaban J connectivity index is 1.55. The minimum Gasteiger partial charge on any atom is -0.469 e. The van der Waals surface area contributed by atoms with E-state index in [2.05, 4.69) is 17.2 Å². The van der Waals surface area contributed by atoms with Crippen molar-refractivity contribution in [3.63, 3.8) is 0 Å². The van der Waals surface area contributed by atoms with E-state index in [1.165, 1.54) is 0 Å². The van der Waals surface area contributed by atoms with Crippen molar-refractivity contribution in [1.82, 2.24) is 19.5 Å². The Hall–Kier alpha value is -2.83. The summed E-state index contributed by atoms with van der Waals surface area (Å²) in [5.74, 6) is 2.08. The second-order valence-electron chi connectivity index (χ2n) is 7.13. The van der Waals surface area contributed by atoms with Crippen LogP contribution in [0.1, 0.15) is 36.3 Å². The Labute approximate surface area is 158 Å². The predicted molar refractivity (Wildman–Crippen MR) is 104 cm³/mol. The highest BCUT2D eigenvalue weighted by molar-refractivity contribution is 5.78. The summed E-state index contributed by atoms with van der Waals surface area (Å²) in [6.45, 7) is 8.47. The zero-order valence-corrected chi connectivity index (χ0v) is 16.1. The van der Waals surface area contributed by atoms with E-state index in [4.69, 9.17) is 9.52 Å². The molecule has 0 radical (unpaired) electrons. The van der Waals surface area contributed by atoms with Crippen molar-refractivity contribution >= 4 is 17.4 Å². The third kappa shape index (κ3) is 3.29. The van der Waals surface area contributed by atoms with Crippen LogP contribution in [-0.2, 0) is 4.79 Å². The van der Waals surface area contributed by atoms with Gasteiger partial charge in [-0.25, -0.2) is 4.98 Å². The third-order valence-electron chi connectivity index (χ3n) is 5.29. The van der Waals surface area contributed by atoms with Crippen molar-refractivity contribution in [2.24, 2.45) is 0 Å². The first kappa shape index (κ1) is 17.6. The number of carbonyl (C=O) groups is 1. The molecule has 27 heavy (non-hydrogen) atoms. The minimum atomic E-state index is 0.278. The van der Waals surface area contributed by atoms with Gasteiger partial charge in [0.25, 0.3) is 0 Å². The molecule has 1 aliphatic heterocycles. The lowest BCUT2D eigenvalue weighted by molar-refractivity contribution is -0.127. The number of hydrogen-bond donors (Lipinski definition) is 1. The molecule has 0 bridgehead atoms. The molecule has 1 fully saturated rings. The second-order valence-corrected chi connectivity index (χ2v) is 7.13. The zero-order valence-electron chi connectivity index (χ0n) is 16.1. The highest BCUT2D eigenvalue weighted by Gasteiger charge is 2.19. The number of nitrogens with zero attached hydrogens (tertiary/aromatic N) is 4. The lowest BCUT2D eigenvalue weighted by atomic mass is 10.2. The van der Waals surface area contributed by atoms with Gasteiger partial charge in [-0.05, 0) is 39.7 Å². The van der Waals surface area contributed by atoms with Gasteiger partial charge >= 0.3 is 0 Å². The van der Waals surface area contributed by atoms with Gasteiger partial charge in [0.05, 0.1) is 12.0 Å². The van der Waals surface area contributed by atoms with E-state index in [0.717, 1.165) is 72.2 Å². The third-order valence-corrected chi connectivity index (χ3v) is 5.29. The van der Waals surface area contributed by atoms with Gasteiger partial charge in [-0.1, -0.05) is 0 Å². The maximum atomic E-state index is 11.7. The standard InChI is InChI=1S/C20H25N5O2/c1-13-14(2)22-18-12-17(16-7-11-27-15(16)3)23-25(18)20(13)21-8-5-10-24-9-4-6-19(24)26/h7,11-12,21H,4-6,8-10H2,1-3H3. The molecular formula is C20H25N5O2. The highest BCUT2D eigenvalue weighted by Crippen LogP contribution is 2.27. The zero-order chi connectivity index (χ0) is 19.0. The number of furan rings is 1. The van der Waals surface area contributed by atoms with Gasteiger partial charge in [-0.15, -0.1) is 0 Å². The average Bonchev–Trinajstić information content (AvgIpc) is 3.35. The number of nitrogens with one attached hydrogen (secondary N) is 1. The van der Waals surface area contributed by atoms with Gasteiger partial charge in [0.15, 0.2) is 5.65 Å². The van der Waals surface area contributed by atoms with Crippen molar-refractivity contribution in [2.75, 3.05) is 25.0 Å². The van der Waals surface area contributed by atoms with Crippen molar-refractivity contribution in [2.45, 2.75) is 40.0 Å². The van der Waals surface area contributed by atoms with Crippen molar-refractivity contribution in [3.05, 3.63) is 35.4 Å². The fraction of sp³-hybridized carbons (Fsp3) is 0.450. The molecule has 3 aromatic heterocycles. The van der Waals surface area contributed by atoms with Gasteiger partial charge in [-0.3, -0.25) is 4.79 Å². The van der Waals surface area contributed by atoms with Crippen LogP contribution in [-0.4, -0.2) is 45.0 Å². The summed E-state index contributed by atoms with van der Waals surface area (Å²) in [7, 11) is 0. The summed E-state index contributed by atoms with van der Waals surface area (Å²) in [6, 6.07) is 3.91. The average molecular weight is 367 g/mol. The second kappa shape index (κ2) is 7.06. The number of rotatable bonds is 6. The molecule has 0 spiro atoms. The number of fused-ring (bicyclic) bond motifs is 1. The molecule has 0 aromatic carbocycles. The van der Waals surface area contributed by atoms with Crippen LogP contribution in [0.15, 0.2) is 22.8 Å². The number of anilines is 1. The Morgan fingerprint density at radius 2 is 2.15 bits per heavy atom. The molecule has 1 N–H and O–H groups in total. The summed E-state index contributed by atoms with van der Waals surface area (Å²) < 4.78 is 7.28. The van der Waals surface area contributed by atoms with E-state index in [-0.39, 0.29) is 5.91 Å². The van der Waals surface area contributed by atoms with Crippen LogP contribution >= 0.6 is 0 Å². The van der Waals surface area contributed by atoms with Crippen LogP contribution in [0.2, 0.25) is 0 Å². The number of aromatic nitrogens is 3. The van der Waals surface area contributed by atoms with Crippen LogP contribution in [0.5, 0.6) is 0 Å². The molecule has 1 amide bonds. The molecule has 4 heterocycles. The molecule has 0 unspecified atom stereocenters. The monoisotopic (exact) mass is 367 g/mol. The number of hydrogen-bond acceptors (Lipinski definition) is 5. The first-order valence-electron chi connectivity index (χ1n) is 9.47. The molecular weight excluding hydrogens is 342 g/mol. The number of likely N-dealkylation sites (tertiary alicyclic amines) is 1. The van der Waals surface area contributed by atoms with Crippen molar-refractivity contribution in [1.29, 1.82) is 0 Å². The first-order chi connectivity index (χ1) is 13.0. The summed E-state index contributed by atoms with van der Waals surface area (Å²) in [5, 5.41) is 8.26. The van der Waals surface area contributed by atoms with Crippen molar-refractivity contribution < 1.29 is 9.21 Å². The Kier molecular flexibility index (Phi) is 4.59. The van der Waals surface area contributed by atoms with Crippen LogP contribution in [0, 0.1) is 20.8 Å². The molecule has 0 saturated carbocycles. The predicted octanol–water partition coefficient (Wildman–Crippen LogP) is 3.34. The number of aryl methyl sites for hydroxylation is 2. The summed E-state index contributed by atoms with van der Waals surface area (Å²) in [5.41, 5.74) is 4.71. The quantitative estimate of drug-likeness (QED) is 0.676. The molecule has 142 valence electrons. The van der Waals surface area contributed by atoms with Crippen LogP contribution in [0.25, 0.3) is 16.9 Å². The Bertz CT molecular complexity index is 988. The van der Waals surface area contributed by atoms with Crippen LogP contribution in [0.4, 0.5) is 5.82 Å². The van der Waals surface area contributed by atoms with Gasteiger partial charge < -0.3 is 14.6 Å². The van der Waals surface area contributed by atoms with E-state index in [1.807, 2.05) is 35.4 Å². The Morgan fingerprint density at radius 3 is 2.85 bits per heavy atom. The molecule has 0 atom stereocenters. The van der Waals surface area contributed by atoms with E-state index < -0.39 is 0 Å². The SMILES string of the molecule is Cc1nc2cc(-c3ccoc3C)nn2c(NCCCN2CCCC2=O)c1C. The van der Waals surface area contributed by atoms with E-state index in [9.17, 15) is 4.79 Å². The molecule has 7 heteroatoms. The van der Waals surface area contributed by atoms with E-state index >= 15 is 0 Å². The first-order valence-corrected chi connectivity index (χ1v) is 9.47. The van der Waals surface area contributed by atoms with E-state index in [0.29, 0.717) is 6.42 Å². The van der Waals surface area contributed by atoms with Gasteiger partial charge in [0.1, 0.15) is 11.6 Å². The normalized spacial score (nSPS) is 14.5.